The zero-order valence-corrected chi connectivity index (χ0v) is 22.8. The van der Waals surface area contributed by atoms with Crippen LogP contribution in [0.1, 0.15) is 97.8 Å². The van der Waals surface area contributed by atoms with Crippen LogP contribution in [0.5, 0.6) is 0 Å². The molecule has 5 heteroatoms. The predicted molar refractivity (Wildman–Crippen MR) is 136 cm³/mol. The van der Waals surface area contributed by atoms with E-state index in [1.54, 1.807) is 0 Å². The van der Waals surface area contributed by atoms with Crippen LogP contribution in [-0.4, -0.2) is 56.9 Å². The van der Waals surface area contributed by atoms with E-state index >= 15 is 0 Å². The van der Waals surface area contributed by atoms with E-state index in [1.165, 1.54) is 62.2 Å². The molecule has 1 N–H and O–H groups in total. The fourth-order valence-electron chi connectivity index (χ4n) is 4.98. The van der Waals surface area contributed by atoms with Gasteiger partial charge in [0.05, 0.1) is 0 Å². The quantitative estimate of drug-likeness (QED) is 0.233. The number of aliphatic hydroxyl groups is 1. The molecule has 0 aliphatic carbocycles. The third-order valence-corrected chi connectivity index (χ3v) is 9.62. The van der Waals surface area contributed by atoms with Crippen LogP contribution < -0.4 is 4.46 Å². The van der Waals surface area contributed by atoms with Crippen molar-refractivity contribution in [2.75, 3.05) is 6.61 Å². The average molecular weight is 526 g/mol. The van der Waals surface area contributed by atoms with E-state index in [0.29, 0.717) is 11.4 Å². The van der Waals surface area contributed by atoms with E-state index in [1.807, 2.05) is 13.8 Å². The molecule has 2 aliphatic heterocycles. The number of hydrogen-bond donors (Lipinski definition) is 1. The Hall–Kier alpha value is -0.421. The molecule has 1 aromatic rings. The van der Waals surface area contributed by atoms with Crippen molar-refractivity contribution >= 4 is 19.4 Å². The van der Waals surface area contributed by atoms with Gasteiger partial charge in [0.15, 0.2) is 0 Å². The van der Waals surface area contributed by atoms with Gasteiger partial charge in [-0.1, -0.05) is 19.8 Å². The van der Waals surface area contributed by atoms with E-state index in [2.05, 4.69) is 37.3 Å². The van der Waals surface area contributed by atoms with Gasteiger partial charge in [-0.15, -0.1) is 0 Å². The van der Waals surface area contributed by atoms with Gasteiger partial charge >= 0.3 is 189 Å². The molecule has 2 aliphatic rings. The van der Waals surface area contributed by atoms with Crippen LogP contribution >= 0.6 is 0 Å². The number of rotatable bonds is 15. The number of aliphatic hydroxyl groups excluding tert-OH is 1. The van der Waals surface area contributed by atoms with Gasteiger partial charge in [-0.2, -0.15) is 0 Å². The first-order valence-corrected chi connectivity index (χ1v) is 15.2. The third kappa shape index (κ3) is 9.28. The minimum atomic E-state index is -0.541. The molecule has 2 saturated heterocycles. The second kappa shape index (κ2) is 14.2. The molecular formula is C28H46O4Se. The summed E-state index contributed by atoms with van der Waals surface area (Å²) in [6.07, 6.45) is 14.4. The van der Waals surface area contributed by atoms with Crippen LogP contribution in [0.3, 0.4) is 0 Å². The molecule has 0 unspecified atom stereocenters. The monoisotopic (exact) mass is 526 g/mol. The fraction of sp³-hybridized carbons (Fsp3) is 0.786. The summed E-state index contributed by atoms with van der Waals surface area (Å²) in [4.78, 5) is 0.371. The summed E-state index contributed by atoms with van der Waals surface area (Å²) in [5.41, 5.74) is 0. The van der Waals surface area contributed by atoms with Crippen molar-refractivity contribution in [3.63, 3.8) is 0 Å². The van der Waals surface area contributed by atoms with Crippen LogP contribution in [-0.2, 0) is 14.2 Å². The standard InChI is InChI=1S/C28H46O4Se/c1-4-5-6-7-8-9-10-11-12-16-19-23(29)27-26(33-22-17-14-13-15-18-22)20-24(31-27)25-21-30-28(2,3)32-25/h13-15,17-18,23-27,29H,4-12,16,19-21H2,1-3H3/t23-,24-,25-,26-,27+/m1/s1. The summed E-state index contributed by atoms with van der Waals surface area (Å²) >= 11 is 0.272. The van der Waals surface area contributed by atoms with Crippen LogP contribution in [0.2, 0.25) is 4.82 Å². The maximum absolute atomic E-state index is 11.1. The second-order valence-electron chi connectivity index (χ2n) is 10.2. The molecule has 0 amide bonds. The molecule has 188 valence electrons. The van der Waals surface area contributed by atoms with E-state index in [4.69, 9.17) is 14.2 Å². The summed E-state index contributed by atoms with van der Waals surface area (Å²) in [5.74, 6) is -0.541. The first-order valence-electron chi connectivity index (χ1n) is 13.4. The average Bonchev–Trinajstić information content (AvgIpc) is 3.38. The van der Waals surface area contributed by atoms with Crippen molar-refractivity contribution in [3.8, 4) is 0 Å². The van der Waals surface area contributed by atoms with Gasteiger partial charge in [0.1, 0.15) is 0 Å². The normalized spacial score (nSPS) is 27.8. The molecule has 0 radical (unpaired) electrons. The second-order valence-corrected chi connectivity index (χ2v) is 13.0. The Morgan fingerprint density at radius 1 is 0.939 bits per heavy atom. The van der Waals surface area contributed by atoms with Crippen molar-refractivity contribution in [1.82, 2.24) is 0 Å². The van der Waals surface area contributed by atoms with Crippen LogP contribution in [0.4, 0.5) is 0 Å². The van der Waals surface area contributed by atoms with Crippen molar-refractivity contribution in [3.05, 3.63) is 30.3 Å². The van der Waals surface area contributed by atoms with Gasteiger partial charge in [-0.3, -0.25) is 0 Å². The fourth-order valence-corrected chi connectivity index (χ4v) is 7.77. The summed E-state index contributed by atoms with van der Waals surface area (Å²) in [6, 6.07) is 10.7. The number of benzene rings is 1. The van der Waals surface area contributed by atoms with Gasteiger partial charge in [0.2, 0.25) is 0 Å². The molecule has 5 atom stereocenters. The maximum atomic E-state index is 11.1. The molecule has 2 fully saturated rings. The van der Waals surface area contributed by atoms with Crippen molar-refractivity contribution in [2.24, 2.45) is 0 Å². The molecule has 0 spiro atoms. The van der Waals surface area contributed by atoms with Crippen molar-refractivity contribution < 1.29 is 19.3 Å². The first kappa shape index (κ1) is 27.2. The molecule has 3 rings (SSSR count). The Morgan fingerprint density at radius 3 is 2.18 bits per heavy atom. The molecule has 0 bridgehead atoms. The molecule has 2 heterocycles. The number of unbranched alkanes of at least 4 members (excludes halogenated alkanes) is 9. The predicted octanol–water partition coefficient (Wildman–Crippen LogP) is 5.79. The Bertz CT molecular complexity index is 653. The summed E-state index contributed by atoms with van der Waals surface area (Å²) < 4.78 is 19.8. The van der Waals surface area contributed by atoms with Gasteiger partial charge in [-0.25, -0.2) is 0 Å². The Balaban J connectivity index is 1.43. The molecule has 1 aromatic carbocycles. The minimum absolute atomic E-state index is 0.00900. The molecule has 0 aromatic heterocycles. The van der Waals surface area contributed by atoms with E-state index in [9.17, 15) is 5.11 Å². The van der Waals surface area contributed by atoms with Crippen molar-refractivity contribution in [1.29, 1.82) is 0 Å². The molecule has 0 saturated carbocycles. The van der Waals surface area contributed by atoms with Crippen molar-refractivity contribution in [2.45, 2.75) is 133 Å². The summed E-state index contributed by atoms with van der Waals surface area (Å²) in [7, 11) is 0. The number of hydrogen-bond acceptors (Lipinski definition) is 4. The molecular weight excluding hydrogens is 479 g/mol. The third-order valence-electron chi connectivity index (χ3n) is 6.87. The van der Waals surface area contributed by atoms with Gasteiger partial charge in [0.25, 0.3) is 0 Å². The first-order chi connectivity index (χ1) is 16.0. The Kier molecular flexibility index (Phi) is 11.7. The topological polar surface area (TPSA) is 47.9 Å². The molecule has 4 nitrogen and oxygen atoms in total. The van der Waals surface area contributed by atoms with Crippen LogP contribution in [0, 0.1) is 0 Å². The van der Waals surface area contributed by atoms with E-state index < -0.39 is 11.9 Å². The van der Waals surface area contributed by atoms with Gasteiger partial charge in [0, 0.05) is 0 Å². The Morgan fingerprint density at radius 2 is 1.58 bits per heavy atom. The number of ether oxygens (including phenoxy) is 3. The van der Waals surface area contributed by atoms with E-state index in [0.717, 1.165) is 19.3 Å². The van der Waals surface area contributed by atoms with Gasteiger partial charge in [-0.05, 0) is 0 Å². The summed E-state index contributed by atoms with van der Waals surface area (Å²) in [6.45, 7) is 6.77. The van der Waals surface area contributed by atoms with Crippen LogP contribution in [0.25, 0.3) is 0 Å². The Labute approximate surface area is 208 Å². The molecule has 33 heavy (non-hydrogen) atoms. The zero-order chi connectivity index (χ0) is 23.5. The van der Waals surface area contributed by atoms with Crippen LogP contribution in [0.15, 0.2) is 30.3 Å². The SMILES string of the molecule is CCCCCCCCCCCC[C@@H](O)[C@@H]1O[C@@H]([C@H]2COC(C)(C)O2)C[C@H]1[Se]c1ccccc1. The zero-order valence-electron chi connectivity index (χ0n) is 21.0. The van der Waals surface area contributed by atoms with Gasteiger partial charge < -0.3 is 0 Å². The summed E-state index contributed by atoms with van der Waals surface area (Å²) in [5, 5.41) is 11.1. The van der Waals surface area contributed by atoms with E-state index in [-0.39, 0.29) is 33.3 Å².